The van der Waals surface area contributed by atoms with Gasteiger partial charge in [0, 0.05) is 48.6 Å². The Bertz CT molecular complexity index is 1020. The summed E-state index contributed by atoms with van der Waals surface area (Å²) in [6.45, 7) is 7.39. The highest BCUT2D eigenvalue weighted by atomic mass is 19.1. The highest BCUT2D eigenvalue weighted by Crippen LogP contribution is 2.27. The molecule has 2 saturated heterocycles. The largest absolute Gasteiger partial charge is 0.477 e. The second-order valence-corrected chi connectivity index (χ2v) is 10.2. The Hall–Kier alpha value is -2.58. The van der Waals surface area contributed by atoms with E-state index in [1.165, 1.54) is 6.07 Å². The third-order valence-corrected chi connectivity index (χ3v) is 7.66. The highest BCUT2D eigenvalue weighted by Gasteiger charge is 2.30. The lowest BCUT2D eigenvalue weighted by atomic mass is 9.94. The molecule has 0 radical (unpaired) electrons. The summed E-state index contributed by atoms with van der Waals surface area (Å²) < 4.78 is 35.4. The number of carbonyl (C=O) groups is 1. The van der Waals surface area contributed by atoms with Gasteiger partial charge in [-0.15, -0.1) is 0 Å². The average molecular weight is 502 g/mol. The molecule has 0 bridgehead atoms. The molecule has 2 aliphatic heterocycles. The third-order valence-electron chi connectivity index (χ3n) is 7.66. The summed E-state index contributed by atoms with van der Waals surface area (Å²) in [7, 11) is 0. The first-order valence-electron chi connectivity index (χ1n) is 13.1. The summed E-state index contributed by atoms with van der Waals surface area (Å²) in [6, 6.07) is 7.93. The molecule has 1 amide bonds. The zero-order valence-electron chi connectivity index (χ0n) is 21.3. The van der Waals surface area contributed by atoms with E-state index in [4.69, 9.17) is 4.74 Å². The molecule has 0 spiro atoms. The van der Waals surface area contributed by atoms with Crippen molar-refractivity contribution in [1.82, 2.24) is 14.8 Å². The number of benzene rings is 1. The van der Waals surface area contributed by atoms with Crippen LogP contribution in [0.5, 0.6) is 5.88 Å². The number of alkyl halides is 1. The lowest BCUT2D eigenvalue weighted by molar-refractivity contribution is 0.0565. The van der Waals surface area contributed by atoms with Gasteiger partial charge in [-0.3, -0.25) is 4.79 Å². The van der Waals surface area contributed by atoms with Gasteiger partial charge in [-0.2, -0.15) is 0 Å². The summed E-state index contributed by atoms with van der Waals surface area (Å²) in [4.78, 5) is 20.7. The summed E-state index contributed by atoms with van der Waals surface area (Å²) in [5.74, 6) is 0.121. The molecule has 1 N–H and O–H groups in total. The van der Waals surface area contributed by atoms with Crippen LogP contribution >= 0.6 is 0 Å². The second-order valence-electron chi connectivity index (χ2n) is 10.2. The molecule has 8 heteroatoms. The molecule has 196 valence electrons. The molecule has 2 aromatic rings. The zero-order chi connectivity index (χ0) is 25.7. The number of halogens is 2. The number of aliphatic hydroxyl groups excluding tert-OH is 1. The molecule has 36 heavy (non-hydrogen) atoms. The van der Waals surface area contributed by atoms with Crippen molar-refractivity contribution >= 4 is 5.91 Å². The first-order valence-corrected chi connectivity index (χ1v) is 13.1. The van der Waals surface area contributed by atoms with Crippen molar-refractivity contribution in [3.8, 4) is 17.0 Å². The predicted molar refractivity (Wildman–Crippen MR) is 135 cm³/mol. The van der Waals surface area contributed by atoms with Crippen molar-refractivity contribution in [3.63, 3.8) is 0 Å². The molecule has 1 aromatic carbocycles. The first-order chi connectivity index (χ1) is 17.3. The number of likely N-dealkylation sites (tertiary alicyclic amines) is 2. The lowest BCUT2D eigenvalue weighted by Gasteiger charge is -2.36. The first kappa shape index (κ1) is 26.5. The van der Waals surface area contributed by atoms with Gasteiger partial charge in [0.15, 0.2) is 0 Å². The van der Waals surface area contributed by atoms with Crippen LogP contribution in [-0.2, 0) is 0 Å². The van der Waals surface area contributed by atoms with Crippen LogP contribution < -0.4 is 4.74 Å². The third kappa shape index (κ3) is 6.40. The molecular formula is C28H37F2N3O3. The van der Waals surface area contributed by atoms with Gasteiger partial charge in [-0.25, -0.2) is 13.8 Å². The molecule has 0 unspecified atom stereocenters. The zero-order valence-corrected chi connectivity index (χ0v) is 21.3. The van der Waals surface area contributed by atoms with Gasteiger partial charge < -0.3 is 19.6 Å². The van der Waals surface area contributed by atoms with E-state index in [0.29, 0.717) is 61.9 Å². The van der Waals surface area contributed by atoms with Crippen LogP contribution in [0.4, 0.5) is 8.78 Å². The van der Waals surface area contributed by atoms with Crippen LogP contribution in [-0.4, -0.2) is 76.9 Å². The maximum Gasteiger partial charge on any atom is 0.254 e. The Morgan fingerprint density at radius 3 is 2.47 bits per heavy atom. The fourth-order valence-electron chi connectivity index (χ4n) is 5.00. The summed E-state index contributed by atoms with van der Waals surface area (Å²) in [5.41, 5.74) is 0.139. The van der Waals surface area contributed by atoms with E-state index < -0.39 is 17.6 Å². The van der Waals surface area contributed by atoms with E-state index >= 15 is 0 Å². The minimum absolute atomic E-state index is 0.269. The second kappa shape index (κ2) is 11.6. The number of hydrogen-bond donors (Lipinski definition) is 1. The number of aliphatic hydroxyl groups is 1. The number of pyridine rings is 1. The van der Waals surface area contributed by atoms with Gasteiger partial charge in [0.25, 0.3) is 5.91 Å². The smallest absolute Gasteiger partial charge is 0.254 e. The van der Waals surface area contributed by atoms with Crippen LogP contribution in [0.15, 0.2) is 36.5 Å². The summed E-state index contributed by atoms with van der Waals surface area (Å²) >= 11 is 0. The maximum absolute atomic E-state index is 14.8. The normalized spacial score (nSPS) is 19.6. The van der Waals surface area contributed by atoms with E-state index in [-0.39, 0.29) is 18.0 Å². The maximum atomic E-state index is 14.8. The Balaban J connectivity index is 1.28. The van der Waals surface area contributed by atoms with Gasteiger partial charge >= 0.3 is 0 Å². The van der Waals surface area contributed by atoms with Crippen molar-refractivity contribution in [2.45, 2.75) is 57.7 Å². The molecule has 3 heterocycles. The summed E-state index contributed by atoms with van der Waals surface area (Å²) in [5, 5.41) is 9.64. The van der Waals surface area contributed by atoms with Crippen LogP contribution in [0.25, 0.3) is 11.1 Å². The van der Waals surface area contributed by atoms with Crippen LogP contribution in [0.3, 0.4) is 0 Å². The number of carbonyl (C=O) groups excluding carboxylic acids is 1. The van der Waals surface area contributed by atoms with E-state index in [0.717, 1.165) is 25.9 Å². The Morgan fingerprint density at radius 2 is 1.89 bits per heavy atom. The number of hydrogen-bond acceptors (Lipinski definition) is 5. The van der Waals surface area contributed by atoms with Crippen molar-refractivity contribution in [2.75, 3.05) is 39.3 Å². The number of β-amino-alcohol motifs (C(OH)–C–C–N with tert-alkyl or cyclic N) is 1. The topological polar surface area (TPSA) is 65.9 Å². The number of rotatable bonds is 9. The highest BCUT2D eigenvalue weighted by molar-refractivity contribution is 5.95. The SMILES string of the molecule is CCC(F)(CC)CN1CCC(COc2ccc(-c3ccc(C(=O)N4CC[C@@H](O)C4)cc3F)cn2)CC1. The summed E-state index contributed by atoms with van der Waals surface area (Å²) in [6.07, 6.45) is 4.63. The number of ether oxygens (including phenoxy) is 1. The van der Waals surface area contributed by atoms with Crippen LogP contribution in [0.2, 0.25) is 0 Å². The van der Waals surface area contributed by atoms with E-state index in [9.17, 15) is 18.7 Å². The van der Waals surface area contributed by atoms with Crippen molar-refractivity contribution in [2.24, 2.45) is 5.92 Å². The Kier molecular flexibility index (Phi) is 8.57. The molecule has 0 saturated carbocycles. The molecule has 6 nitrogen and oxygen atoms in total. The van der Waals surface area contributed by atoms with Crippen molar-refractivity contribution < 1.29 is 23.4 Å². The molecule has 4 rings (SSSR count). The molecule has 1 aromatic heterocycles. The lowest BCUT2D eigenvalue weighted by Crippen LogP contribution is -2.44. The van der Waals surface area contributed by atoms with Gasteiger partial charge in [-0.05, 0) is 69.3 Å². The standard InChI is InChI=1S/C28H37F2N3O3/c1-3-28(30,4-2)19-32-12-9-20(10-13-32)18-36-26-8-6-22(16-31-26)24-7-5-21(15-25(24)29)27(35)33-14-11-23(34)17-33/h5-8,15-16,20,23,34H,3-4,9-14,17-19H2,1-2H3/t23-/m1/s1. The molecule has 2 aliphatic rings. The monoisotopic (exact) mass is 501 g/mol. The Morgan fingerprint density at radius 1 is 1.14 bits per heavy atom. The van der Waals surface area contributed by atoms with Crippen molar-refractivity contribution in [3.05, 3.63) is 47.9 Å². The minimum atomic E-state index is -1.10. The van der Waals surface area contributed by atoms with Crippen molar-refractivity contribution in [1.29, 1.82) is 0 Å². The van der Waals surface area contributed by atoms with E-state index in [1.54, 1.807) is 35.4 Å². The van der Waals surface area contributed by atoms with Gasteiger partial charge in [0.1, 0.15) is 11.5 Å². The Labute approximate surface area is 212 Å². The van der Waals surface area contributed by atoms with Gasteiger partial charge in [0.05, 0.1) is 12.7 Å². The van der Waals surface area contributed by atoms with Crippen LogP contribution in [0.1, 0.15) is 56.3 Å². The fraction of sp³-hybridized carbons (Fsp3) is 0.571. The van der Waals surface area contributed by atoms with Crippen LogP contribution in [0, 0.1) is 11.7 Å². The number of aromatic nitrogens is 1. The van der Waals surface area contributed by atoms with Gasteiger partial charge in [0.2, 0.25) is 5.88 Å². The van der Waals surface area contributed by atoms with Gasteiger partial charge in [-0.1, -0.05) is 19.9 Å². The molecule has 2 fully saturated rings. The minimum Gasteiger partial charge on any atom is -0.477 e. The molecular weight excluding hydrogens is 464 g/mol. The molecule has 1 atom stereocenters. The number of piperidine rings is 1. The van der Waals surface area contributed by atoms with E-state index in [1.807, 2.05) is 13.8 Å². The average Bonchev–Trinajstić information content (AvgIpc) is 3.34. The fourth-order valence-corrected chi connectivity index (χ4v) is 5.00. The number of amides is 1. The number of nitrogens with zero attached hydrogens (tertiary/aromatic N) is 3. The quantitative estimate of drug-likeness (QED) is 0.539. The molecule has 0 aliphatic carbocycles. The van der Waals surface area contributed by atoms with E-state index in [2.05, 4.69) is 9.88 Å². The predicted octanol–water partition coefficient (Wildman–Crippen LogP) is 4.71.